The number of methoxy groups -OCH3 is 1. The van der Waals surface area contributed by atoms with Crippen molar-refractivity contribution in [3.8, 4) is 17.2 Å². The summed E-state index contributed by atoms with van der Waals surface area (Å²) in [5, 5.41) is 23.4. The second-order valence-corrected chi connectivity index (χ2v) is 10.4. The lowest BCUT2D eigenvalue weighted by molar-refractivity contribution is -0.990. The predicted octanol–water partition coefficient (Wildman–Crippen LogP) is 5.64. The van der Waals surface area contributed by atoms with Crippen LogP contribution in [0.2, 0.25) is 0 Å². The maximum Gasteiger partial charge on any atom is 0.339 e. The van der Waals surface area contributed by atoms with Crippen LogP contribution in [0.25, 0.3) is 21.5 Å². The number of ether oxygens (including phenoxy) is 4. The summed E-state index contributed by atoms with van der Waals surface area (Å²) in [4.78, 5) is 25.8. The minimum Gasteiger partial charge on any atom is -0.595 e. The Morgan fingerprint density at radius 3 is 2.61 bits per heavy atom. The SMILES string of the molecule is COc1cccc2c1cc([NH+]([O-])O)c1c(C(=O)O[C@H]3C=C(C=O)CCC=C(C)CCC=C(C)C3)cc3c(c12)OCO3. The largest absolute Gasteiger partial charge is 0.595 e. The summed E-state index contributed by atoms with van der Waals surface area (Å²) in [6.07, 6.45) is 9.45. The van der Waals surface area contributed by atoms with Crippen molar-refractivity contribution in [2.45, 2.75) is 52.1 Å². The van der Waals surface area contributed by atoms with Gasteiger partial charge < -0.3 is 24.2 Å². The van der Waals surface area contributed by atoms with E-state index in [-0.39, 0.29) is 23.4 Å². The fraction of sp³-hybridized carbons (Fsp3) is 0.312. The molecule has 1 unspecified atom stereocenters. The van der Waals surface area contributed by atoms with E-state index in [1.54, 1.807) is 18.2 Å². The molecule has 0 bridgehead atoms. The topological polar surface area (TPSA) is 119 Å². The second-order valence-electron chi connectivity index (χ2n) is 10.4. The van der Waals surface area contributed by atoms with Gasteiger partial charge >= 0.3 is 5.97 Å². The zero-order valence-electron chi connectivity index (χ0n) is 23.3. The molecule has 41 heavy (non-hydrogen) atoms. The molecular weight excluding hydrogens is 526 g/mol. The summed E-state index contributed by atoms with van der Waals surface area (Å²) in [7, 11) is 1.51. The standard InChI is InChI=1S/C32H33NO8/c1-19-7-4-9-20(2)13-22(14-21(17-34)10-5-8-19)41-32(35)25-16-28-31(40-18-39-28)30-23-11-6-12-27(38-3)24(23)15-26(29(25)30)33(36)37/h6,8-9,11-12,14-17,22,33,36H,4-5,7,10,13,18H2,1-3H3/t22-/m1/s1. The minimum atomic E-state index is -1.22. The van der Waals surface area contributed by atoms with Gasteiger partial charge in [0.25, 0.3) is 0 Å². The van der Waals surface area contributed by atoms with Gasteiger partial charge in [-0.25, -0.2) is 10.0 Å². The van der Waals surface area contributed by atoms with Crippen molar-refractivity contribution in [3.63, 3.8) is 0 Å². The Morgan fingerprint density at radius 2 is 1.85 bits per heavy atom. The Labute approximate surface area is 237 Å². The van der Waals surface area contributed by atoms with Crippen LogP contribution in [-0.2, 0) is 9.53 Å². The first kappa shape index (κ1) is 28.4. The number of fused-ring (bicyclic) bond motifs is 5. The molecule has 1 aliphatic heterocycles. The van der Waals surface area contributed by atoms with E-state index in [9.17, 15) is 20.0 Å². The van der Waals surface area contributed by atoms with Gasteiger partial charge in [0.05, 0.1) is 18.1 Å². The van der Waals surface area contributed by atoms with Crippen LogP contribution in [0.1, 0.15) is 56.3 Å². The first-order valence-corrected chi connectivity index (χ1v) is 13.6. The van der Waals surface area contributed by atoms with Crippen molar-refractivity contribution in [1.29, 1.82) is 0 Å². The molecular formula is C32H33NO8. The van der Waals surface area contributed by atoms with Gasteiger partial charge in [-0.05, 0) is 68.7 Å². The van der Waals surface area contributed by atoms with Crippen LogP contribution in [-0.4, -0.2) is 37.5 Å². The molecule has 2 aliphatic rings. The highest BCUT2D eigenvalue weighted by Crippen LogP contribution is 2.48. The van der Waals surface area contributed by atoms with Gasteiger partial charge in [-0.15, -0.1) is 0 Å². The number of hydrogen-bond donors (Lipinski definition) is 2. The third kappa shape index (κ3) is 5.83. The number of aldehydes is 1. The van der Waals surface area contributed by atoms with Crippen LogP contribution in [0.3, 0.4) is 0 Å². The molecule has 2 atom stereocenters. The van der Waals surface area contributed by atoms with Crippen LogP contribution in [0.5, 0.6) is 17.2 Å². The number of hydrogen-bond acceptors (Lipinski definition) is 8. The van der Waals surface area contributed by atoms with Gasteiger partial charge in [0.15, 0.2) is 17.2 Å². The number of carbonyl (C=O) groups excluding carboxylic acids is 2. The van der Waals surface area contributed by atoms with Crippen molar-refractivity contribution in [2.75, 3.05) is 13.9 Å². The predicted molar refractivity (Wildman–Crippen MR) is 154 cm³/mol. The van der Waals surface area contributed by atoms with Gasteiger partial charge in [0.1, 0.15) is 18.1 Å². The number of allylic oxidation sites excluding steroid dienone is 4. The molecule has 3 aromatic carbocycles. The highest BCUT2D eigenvalue weighted by Gasteiger charge is 2.30. The molecule has 214 valence electrons. The molecule has 1 aliphatic carbocycles. The smallest absolute Gasteiger partial charge is 0.339 e. The van der Waals surface area contributed by atoms with E-state index < -0.39 is 17.3 Å². The lowest BCUT2D eigenvalue weighted by Gasteiger charge is -2.21. The molecule has 0 aromatic heterocycles. The van der Waals surface area contributed by atoms with Gasteiger partial charge in [-0.3, -0.25) is 4.79 Å². The summed E-state index contributed by atoms with van der Waals surface area (Å²) in [6, 6.07) is 8.32. The van der Waals surface area contributed by atoms with Crippen molar-refractivity contribution in [3.05, 3.63) is 76.0 Å². The molecule has 0 saturated heterocycles. The Kier molecular flexibility index (Phi) is 8.39. The molecule has 9 nitrogen and oxygen atoms in total. The van der Waals surface area contributed by atoms with Crippen LogP contribution in [0.4, 0.5) is 5.69 Å². The Hall–Kier alpha value is -4.18. The minimum absolute atomic E-state index is 0.0405. The first-order valence-electron chi connectivity index (χ1n) is 13.6. The van der Waals surface area contributed by atoms with Crippen molar-refractivity contribution in [2.24, 2.45) is 0 Å². The fourth-order valence-electron chi connectivity index (χ4n) is 5.50. The number of rotatable bonds is 5. The average molecular weight is 560 g/mol. The van der Waals surface area contributed by atoms with Crippen LogP contribution < -0.4 is 19.4 Å². The van der Waals surface area contributed by atoms with Crippen molar-refractivity contribution < 1.29 is 39.0 Å². The molecule has 0 fully saturated rings. The average Bonchev–Trinajstić information content (AvgIpc) is 3.43. The molecule has 2 N–H and O–H groups in total. The maximum absolute atomic E-state index is 13.9. The van der Waals surface area contributed by atoms with E-state index in [1.165, 1.54) is 24.8 Å². The van der Waals surface area contributed by atoms with Crippen LogP contribution in [0.15, 0.2) is 65.3 Å². The monoisotopic (exact) mass is 559 g/mol. The Bertz CT molecular complexity index is 1600. The Balaban J connectivity index is 1.65. The van der Waals surface area contributed by atoms with Crippen LogP contribution >= 0.6 is 0 Å². The highest BCUT2D eigenvalue weighted by molar-refractivity contribution is 6.22. The summed E-state index contributed by atoms with van der Waals surface area (Å²) in [5.74, 6) is 0.436. The van der Waals surface area contributed by atoms with Gasteiger partial charge in [-0.1, -0.05) is 35.4 Å². The zero-order chi connectivity index (χ0) is 29.1. The lowest BCUT2D eigenvalue weighted by Crippen LogP contribution is -2.99. The number of quaternary nitrogens is 1. The molecule has 5 rings (SSSR count). The summed E-state index contributed by atoms with van der Waals surface area (Å²) in [5.41, 5.74) is 2.79. The summed E-state index contributed by atoms with van der Waals surface area (Å²) < 4.78 is 23.0. The molecule has 3 aromatic rings. The molecule has 0 saturated carbocycles. The number of benzene rings is 3. The maximum atomic E-state index is 13.9. The lowest BCUT2D eigenvalue weighted by atomic mass is 9.94. The fourth-order valence-corrected chi connectivity index (χ4v) is 5.50. The highest BCUT2D eigenvalue weighted by atomic mass is 16.8. The Morgan fingerprint density at radius 1 is 1.07 bits per heavy atom. The van der Waals surface area contributed by atoms with E-state index in [1.807, 2.05) is 13.0 Å². The van der Waals surface area contributed by atoms with Crippen molar-refractivity contribution in [1.82, 2.24) is 0 Å². The van der Waals surface area contributed by atoms with Gasteiger partial charge in [0, 0.05) is 23.3 Å². The summed E-state index contributed by atoms with van der Waals surface area (Å²) in [6.45, 7) is 3.99. The summed E-state index contributed by atoms with van der Waals surface area (Å²) >= 11 is 0. The van der Waals surface area contributed by atoms with E-state index in [0.29, 0.717) is 58.2 Å². The normalized spacial score (nSPS) is 18.5. The second kappa shape index (κ2) is 12.1. The van der Waals surface area contributed by atoms with Crippen molar-refractivity contribution >= 4 is 39.5 Å². The number of carbonyl (C=O) groups is 2. The van der Waals surface area contributed by atoms with Gasteiger partial charge in [0.2, 0.25) is 6.79 Å². The number of nitrogens with one attached hydrogen (secondary N) is 1. The third-order valence-electron chi connectivity index (χ3n) is 7.52. The third-order valence-corrected chi connectivity index (χ3v) is 7.52. The van der Waals surface area contributed by atoms with E-state index in [4.69, 9.17) is 18.9 Å². The zero-order valence-corrected chi connectivity index (χ0v) is 23.3. The van der Waals surface area contributed by atoms with E-state index in [2.05, 4.69) is 19.1 Å². The first-order chi connectivity index (χ1) is 19.8. The molecule has 9 heteroatoms. The molecule has 0 spiro atoms. The van der Waals surface area contributed by atoms with Gasteiger partial charge in [-0.2, -0.15) is 5.23 Å². The quantitative estimate of drug-likeness (QED) is 0.136. The molecule has 0 amide bonds. The molecule has 0 radical (unpaired) electrons. The van der Waals surface area contributed by atoms with E-state index in [0.717, 1.165) is 24.7 Å². The van der Waals surface area contributed by atoms with E-state index >= 15 is 0 Å². The molecule has 1 heterocycles. The van der Waals surface area contributed by atoms with Crippen LogP contribution in [0, 0.1) is 5.21 Å². The number of esters is 1.